The second-order valence-electron chi connectivity index (χ2n) is 5.79. The molecule has 4 aromatic rings. The van der Waals surface area contributed by atoms with Crippen molar-refractivity contribution in [1.82, 2.24) is 0 Å². The van der Waals surface area contributed by atoms with Crippen molar-refractivity contribution >= 4 is 24.0 Å². The maximum atomic E-state index is 2.29. The highest BCUT2D eigenvalue weighted by Crippen LogP contribution is 2.17. The lowest BCUT2D eigenvalue weighted by Gasteiger charge is -2.00. The lowest BCUT2D eigenvalue weighted by atomic mass is 10.1. The van der Waals surface area contributed by atoms with Crippen molar-refractivity contribution in [2.45, 2.75) is 0 Å². The first-order valence-corrected chi connectivity index (χ1v) is 12.8. The van der Waals surface area contributed by atoms with E-state index in [-0.39, 0.29) is 66.4 Å². The third-order valence-electron chi connectivity index (χ3n) is 3.92. The van der Waals surface area contributed by atoms with E-state index in [2.05, 4.69) is 109 Å². The summed E-state index contributed by atoms with van der Waals surface area (Å²) in [5.74, 6) is 0. The summed E-state index contributed by atoms with van der Waals surface area (Å²) >= 11 is -0.168. The number of rotatable bonds is 5. The molecule has 0 saturated heterocycles. The third kappa shape index (κ3) is 6.02. The lowest BCUT2D eigenvalue weighted by Crippen LogP contribution is -3.61. The average Bonchev–Trinajstić information content (AvgIpc) is 2.71. The molecule has 0 aliphatic carbocycles. The van der Waals surface area contributed by atoms with Gasteiger partial charge in [0.05, 0.1) is 0 Å². The van der Waals surface area contributed by atoms with Crippen LogP contribution in [0.25, 0.3) is 11.1 Å². The Kier molecular flexibility index (Phi) is 8.14. The van der Waals surface area contributed by atoms with E-state index in [1.807, 2.05) is 0 Å². The van der Waals surface area contributed by atoms with Crippen molar-refractivity contribution < 1.29 is 42.4 Å². The van der Waals surface area contributed by atoms with Gasteiger partial charge in [0.15, 0.2) is 14.3 Å². The van der Waals surface area contributed by atoms with Gasteiger partial charge in [-0.05, 0) is 83.9 Å². The predicted octanol–water partition coefficient (Wildman–Crippen LogP) is 0.228. The normalized spacial score (nSPS) is 10.2. The molecule has 0 spiro atoms. The molecule has 0 amide bonds. The third-order valence-corrected chi connectivity index (χ3v) is 9.29. The van der Waals surface area contributed by atoms with Gasteiger partial charge in [-0.3, -0.25) is 0 Å². The van der Waals surface area contributed by atoms with E-state index in [0.717, 1.165) is 0 Å². The van der Waals surface area contributed by atoms with Gasteiger partial charge >= 0.3 is 42.4 Å². The van der Waals surface area contributed by atoms with Crippen molar-refractivity contribution in [2.24, 2.45) is 0 Å². The molecular formula is C24H19I3+2. The van der Waals surface area contributed by atoms with Crippen LogP contribution in [-0.2, 0) is 0 Å². The zero-order chi connectivity index (χ0) is 17.6. The summed E-state index contributed by atoms with van der Waals surface area (Å²) in [6.45, 7) is 0. The molecule has 0 aromatic heterocycles. The van der Waals surface area contributed by atoms with Crippen LogP contribution in [0.4, 0.5) is 0 Å². The van der Waals surface area contributed by atoms with Crippen LogP contribution >= 0.6 is 24.0 Å². The smallest absolute Gasteiger partial charge is 0.107 e. The number of benzene rings is 4. The minimum atomic E-state index is -0.0841. The van der Waals surface area contributed by atoms with Crippen LogP contribution in [0.15, 0.2) is 109 Å². The molecule has 0 fully saturated rings. The Bertz CT molecular complexity index is 865. The summed E-state index contributed by atoms with van der Waals surface area (Å²) in [5.41, 5.74) is 2.60. The highest BCUT2D eigenvalue weighted by Gasteiger charge is 2.16. The topological polar surface area (TPSA) is 0 Å². The standard InChI is InChI=1S/C24H18I2.HI/c1-3-7-21(8-4-1)25-23-15-11-19(12-16-23)20-13-17-24(18-14-20)26-22-9-5-2-6-10-22;/h1-18H;1H/q+2;. The molecule has 0 saturated carbocycles. The van der Waals surface area contributed by atoms with Crippen molar-refractivity contribution in [1.29, 1.82) is 0 Å². The summed E-state index contributed by atoms with van der Waals surface area (Å²) in [6, 6.07) is 39.8. The van der Waals surface area contributed by atoms with Crippen LogP contribution in [0, 0.1) is 14.3 Å². The fourth-order valence-electron chi connectivity index (χ4n) is 2.62. The van der Waals surface area contributed by atoms with Crippen LogP contribution in [0.5, 0.6) is 0 Å². The number of hydrogen-bond donors (Lipinski definition) is 0. The first-order valence-electron chi connectivity index (χ1n) is 8.47. The van der Waals surface area contributed by atoms with E-state index in [9.17, 15) is 0 Å². The van der Waals surface area contributed by atoms with Gasteiger partial charge in [-0.25, -0.2) is 0 Å². The van der Waals surface area contributed by atoms with E-state index in [1.165, 1.54) is 25.4 Å². The SMILES string of the molecule is I.c1ccc([I+]c2ccc(-c3ccc([I+]c4ccccc4)cc3)cc2)cc1. The first kappa shape index (κ1) is 20.8. The summed E-state index contributed by atoms with van der Waals surface area (Å²) < 4.78 is 5.86. The molecule has 0 N–H and O–H groups in total. The summed E-state index contributed by atoms with van der Waals surface area (Å²) in [6.07, 6.45) is 0. The van der Waals surface area contributed by atoms with E-state index in [1.54, 1.807) is 0 Å². The van der Waals surface area contributed by atoms with Gasteiger partial charge in [-0.1, -0.05) is 36.4 Å². The molecule has 0 aliphatic rings. The van der Waals surface area contributed by atoms with Crippen molar-refractivity contribution in [3.8, 4) is 11.1 Å². The Morgan fingerprint density at radius 3 is 0.963 bits per heavy atom. The summed E-state index contributed by atoms with van der Waals surface area (Å²) in [5, 5.41) is 0. The molecule has 4 rings (SSSR count). The minimum Gasteiger partial charge on any atom is -0.107 e. The van der Waals surface area contributed by atoms with Gasteiger partial charge < -0.3 is 0 Å². The molecule has 0 bridgehead atoms. The number of halogens is 3. The van der Waals surface area contributed by atoms with Gasteiger partial charge in [0, 0.05) is 0 Å². The highest BCUT2D eigenvalue weighted by atomic mass is 127. The Hall–Kier alpha value is -0.930. The zero-order valence-electron chi connectivity index (χ0n) is 14.6. The molecule has 0 aliphatic heterocycles. The fourth-order valence-corrected chi connectivity index (χ4v) is 7.04. The molecule has 134 valence electrons. The Labute approximate surface area is 199 Å². The Morgan fingerprint density at radius 2 is 0.630 bits per heavy atom. The molecule has 0 atom stereocenters. The van der Waals surface area contributed by atoms with Gasteiger partial charge in [-0.2, -0.15) is 0 Å². The minimum absolute atomic E-state index is 0. The first-order chi connectivity index (χ1) is 12.9. The molecule has 0 radical (unpaired) electrons. The van der Waals surface area contributed by atoms with Gasteiger partial charge in [-0.15, -0.1) is 24.0 Å². The quantitative estimate of drug-likeness (QED) is 0.264. The van der Waals surface area contributed by atoms with Crippen LogP contribution in [0.2, 0.25) is 0 Å². The van der Waals surface area contributed by atoms with Crippen molar-refractivity contribution in [2.75, 3.05) is 0 Å². The average molecular weight is 688 g/mol. The van der Waals surface area contributed by atoms with Crippen LogP contribution in [0.1, 0.15) is 0 Å². The van der Waals surface area contributed by atoms with Crippen LogP contribution in [0.3, 0.4) is 0 Å². The molecule has 0 heterocycles. The van der Waals surface area contributed by atoms with E-state index < -0.39 is 0 Å². The monoisotopic (exact) mass is 688 g/mol. The molecule has 0 nitrogen and oxygen atoms in total. The van der Waals surface area contributed by atoms with Gasteiger partial charge in [0.1, 0.15) is 0 Å². The van der Waals surface area contributed by atoms with Crippen molar-refractivity contribution in [3.05, 3.63) is 123 Å². The fraction of sp³-hybridized carbons (Fsp3) is 0. The highest BCUT2D eigenvalue weighted by molar-refractivity contribution is 14.0. The van der Waals surface area contributed by atoms with Gasteiger partial charge in [0.2, 0.25) is 0 Å². The second-order valence-corrected chi connectivity index (χ2v) is 11.9. The zero-order valence-corrected chi connectivity index (χ0v) is 21.2. The van der Waals surface area contributed by atoms with Crippen LogP contribution in [-0.4, -0.2) is 0 Å². The van der Waals surface area contributed by atoms with Crippen molar-refractivity contribution in [3.63, 3.8) is 0 Å². The maximum Gasteiger partial charge on any atom is 0.357 e. The molecular weight excluding hydrogens is 669 g/mol. The molecule has 27 heavy (non-hydrogen) atoms. The lowest BCUT2D eigenvalue weighted by molar-refractivity contribution is -0.597. The predicted molar refractivity (Wildman–Crippen MR) is 115 cm³/mol. The largest absolute Gasteiger partial charge is 0.357 e. The summed E-state index contributed by atoms with van der Waals surface area (Å²) in [7, 11) is 0. The number of hydrogen-bond acceptors (Lipinski definition) is 0. The van der Waals surface area contributed by atoms with E-state index >= 15 is 0 Å². The molecule has 0 unspecified atom stereocenters. The summed E-state index contributed by atoms with van der Waals surface area (Å²) in [4.78, 5) is 0. The maximum absolute atomic E-state index is 2.29. The Balaban J connectivity index is 0.00000210. The second kappa shape index (κ2) is 10.6. The van der Waals surface area contributed by atoms with Crippen LogP contribution < -0.4 is 42.4 Å². The van der Waals surface area contributed by atoms with Gasteiger partial charge in [0.25, 0.3) is 0 Å². The molecule has 4 aromatic carbocycles. The van der Waals surface area contributed by atoms with E-state index in [4.69, 9.17) is 0 Å². The van der Waals surface area contributed by atoms with E-state index in [0.29, 0.717) is 0 Å². The molecule has 3 heteroatoms. The Morgan fingerprint density at radius 1 is 0.333 bits per heavy atom.